The van der Waals surface area contributed by atoms with Crippen LogP contribution in [0.2, 0.25) is 0 Å². The number of benzene rings is 1. The summed E-state index contributed by atoms with van der Waals surface area (Å²) in [6.07, 6.45) is 1.58. The molecule has 0 radical (unpaired) electrons. The van der Waals surface area contributed by atoms with Crippen molar-refractivity contribution < 1.29 is 28.9 Å². The molecule has 1 fully saturated rings. The maximum absolute atomic E-state index is 11.6. The van der Waals surface area contributed by atoms with Crippen LogP contribution in [0.1, 0.15) is 5.56 Å². The minimum atomic E-state index is -1.13. The van der Waals surface area contributed by atoms with Crippen molar-refractivity contribution in [3.05, 3.63) is 22.6 Å². The van der Waals surface area contributed by atoms with E-state index in [-0.39, 0.29) is 28.3 Å². The van der Waals surface area contributed by atoms with E-state index in [1.54, 1.807) is 18.2 Å². The Morgan fingerprint density at radius 3 is 2.39 bits per heavy atom. The van der Waals surface area contributed by atoms with Gasteiger partial charge in [0.05, 0.1) is 19.1 Å². The highest BCUT2D eigenvalue weighted by molar-refractivity contribution is 8.18. The van der Waals surface area contributed by atoms with Crippen LogP contribution < -0.4 is 19.5 Å². The second-order valence-electron chi connectivity index (χ2n) is 4.33. The van der Waals surface area contributed by atoms with Crippen molar-refractivity contribution in [3.8, 4) is 17.2 Å². The summed E-state index contributed by atoms with van der Waals surface area (Å²) >= 11 is 1.01. The molecule has 3 N–H and O–H groups in total. The third-order valence-corrected chi connectivity index (χ3v) is 3.61. The van der Waals surface area contributed by atoms with E-state index >= 15 is 0 Å². The number of nitrogens with one attached hydrogen (secondary N) is 2. The molecule has 0 unspecified atom stereocenters. The standard InChI is InChI=1S/C14H14N2O6S/c1-20-8-3-7(5-10-13(19)16-14(15)23-10)4-9(21-2)12(8)22-6-11(17)18/h3-5H,6H2,1-2H3,(H,17,18)(H2,15,16,19)/b10-5-. The van der Waals surface area contributed by atoms with E-state index in [4.69, 9.17) is 24.7 Å². The zero-order valence-corrected chi connectivity index (χ0v) is 13.2. The maximum Gasteiger partial charge on any atom is 0.341 e. The van der Waals surface area contributed by atoms with E-state index in [9.17, 15) is 9.59 Å². The highest BCUT2D eigenvalue weighted by Crippen LogP contribution is 2.39. The van der Waals surface area contributed by atoms with Gasteiger partial charge in [-0.05, 0) is 35.5 Å². The number of rotatable bonds is 6. The zero-order valence-electron chi connectivity index (χ0n) is 12.3. The summed E-state index contributed by atoms with van der Waals surface area (Å²) in [5.74, 6) is -0.773. The molecule has 1 saturated heterocycles. The van der Waals surface area contributed by atoms with Gasteiger partial charge in [-0.25, -0.2) is 4.79 Å². The second-order valence-corrected chi connectivity index (χ2v) is 5.38. The van der Waals surface area contributed by atoms with Crippen LogP contribution in [0.25, 0.3) is 6.08 Å². The van der Waals surface area contributed by atoms with E-state index in [1.807, 2.05) is 0 Å². The minimum absolute atomic E-state index is 0.0570. The number of amides is 1. The first-order chi connectivity index (χ1) is 10.9. The number of carboxylic acid groups (broad SMARTS) is 1. The fourth-order valence-electron chi connectivity index (χ4n) is 1.85. The van der Waals surface area contributed by atoms with E-state index in [2.05, 4.69) is 5.32 Å². The number of hydrogen-bond donors (Lipinski definition) is 3. The van der Waals surface area contributed by atoms with Crippen LogP contribution in [-0.4, -0.2) is 43.0 Å². The molecule has 8 nitrogen and oxygen atoms in total. The van der Waals surface area contributed by atoms with Crippen molar-refractivity contribution in [1.82, 2.24) is 5.32 Å². The van der Waals surface area contributed by atoms with Crippen molar-refractivity contribution in [3.63, 3.8) is 0 Å². The predicted molar refractivity (Wildman–Crippen MR) is 84.1 cm³/mol. The minimum Gasteiger partial charge on any atom is -0.493 e. The lowest BCUT2D eigenvalue weighted by atomic mass is 10.1. The van der Waals surface area contributed by atoms with Gasteiger partial charge < -0.3 is 24.6 Å². The predicted octanol–water partition coefficient (Wildman–Crippen LogP) is 1.31. The summed E-state index contributed by atoms with van der Waals surface area (Å²) in [7, 11) is 2.82. The Balaban J connectivity index is 2.39. The molecule has 0 saturated carbocycles. The van der Waals surface area contributed by atoms with E-state index < -0.39 is 12.6 Å². The molecule has 1 aromatic carbocycles. The number of aliphatic carboxylic acids is 1. The van der Waals surface area contributed by atoms with Crippen molar-refractivity contribution in [1.29, 1.82) is 5.41 Å². The second kappa shape index (κ2) is 7.05. The zero-order chi connectivity index (χ0) is 17.0. The average molecular weight is 338 g/mol. The van der Waals surface area contributed by atoms with Gasteiger partial charge in [0, 0.05) is 0 Å². The summed E-state index contributed by atoms with van der Waals surface area (Å²) in [4.78, 5) is 22.7. The molecule has 0 aliphatic carbocycles. The number of carbonyl (C=O) groups excluding carboxylic acids is 1. The van der Waals surface area contributed by atoms with E-state index in [1.165, 1.54) is 14.2 Å². The Kier molecular flexibility index (Phi) is 5.12. The molecule has 1 aromatic rings. The topological polar surface area (TPSA) is 118 Å². The SMILES string of the molecule is COc1cc(/C=C2\SC(=N)NC2=O)cc(OC)c1OCC(=O)O. The first-order valence-electron chi connectivity index (χ1n) is 6.34. The van der Waals surface area contributed by atoms with Gasteiger partial charge in [-0.3, -0.25) is 10.2 Å². The third-order valence-electron chi connectivity index (χ3n) is 2.78. The summed E-state index contributed by atoms with van der Waals surface area (Å²) in [6, 6.07) is 3.17. The van der Waals surface area contributed by atoms with Crippen LogP contribution >= 0.6 is 11.8 Å². The van der Waals surface area contributed by atoms with Gasteiger partial charge in [-0.1, -0.05) is 0 Å². The number of carboxylic acids is 1. The third kappa shape index (κ3) is 3.95. The fourth-order valence-corrected chi connectivity index (χ4v) is 2.55. The molecule has 0 aromatic heterocycles. The van der Waals surface area contributed by atoms with Gasteiger partial charge in [0.1, 0.15) is 0 Å². The van der Waals surface area contributed by atoms with E-state index in [0.29, 0.717) is 10.5 Å². The molecule has 1 aliphatic heterocycles. The van der Waals surface area contributed by atoms with Crippen LogP contribution in [-0.2, 0) is 9.59 Å². The largest absolute Gasteiger partial charge is 0.493 e. The summed E-state index contributed by atoms with van der Waals surface area (Å²) in [5.41, 5.74) is 0.591. The van der Waals surface area contributed by atoms with Crippen LogP contribution in [0, 0.1) is 5.41 Å². The summed E-state index contributed by atoms with van der Waals surface area (Å²) in [6.45, 7) is -0.539. The number of methoxy groups -OCH3 is 2. The van der Waals surface area contributed by atoms with Crippen molar-refractivity contribution >= 4 is 34.9 Å². The number of hydrogen-bond acceptors (Lipinski definition) is 7. The van der Waals surface area contributed by atoms with E-state index in [0.717, 1.165) is 11.8 Å². The van der Waals surface area contributed by atoms with Crippen molar-refractivity contribution in [2.24, 2.45) is 0 Å². The highest BCUT2D eigenvalue weighted by Gasteiger charge is 2.23. The molecule has 23 heavy (non-hydrogen) atoms. The fraction of sp³-hybridized carbons (Fsp3) is 0.214. The van der Waals surface area contributed by atoms with Gasteiger partial charge in [0.15, 0.2) is 23.3 Å². The van der Waals surface area contributed by atoms with Crippen molar-refractivity contribution in [2.45, 2.75) is 0 Å². The monoisotopic (exact) mass is 338 g/mol. The molecule has 1 aliphatic rings. The molecule has 122 valence electrons. The Morgan fingerprint density at radius 2 is 1.96 bits per heavy atom. The van der Waals surface area contributed by atoms with Crippen LogP contribution in [0.15, 0.2) is 17.0 Å². The number of amidine groups is 1. The molecule has 0 bridgehead atoms. The quantitative estimate of drug-likeness (QED) is 0.669. The van der Waals surface area contributed by atoms with Gasteiger partial charge in [-0.2, -0.15) is 0 Å². The molecule has 0 spiro atoms. The highest BCUT2D eigenvalue weighted by atomic mass is 32.2. The van der Waals surface area contributed by atoms with Gasteiger partial charge in [0.25, 0.3) is 5.91 Å². The average Bonchev–Trinajstić information content (AvgIpc) is 2.82. The maximum atomic E-state index is 11.6. The molecule has 2 rings (SSSR count). The molecule has 9 heteroatoms. The van der Waals surface area contributed by atoms with Crippen molar-refractivity contribution in [2.75, 3.05) is 20.8 Å². The Labute approximate surface area is 135 Å². The first-order valence-corrected chi connectivity index (χ1v) is 7.16. The van der Waals surface area contributed by atoms with Crippen LogP contribution in [0.4, 0.5) is 0 Å². The molecule has 1 heterocycles. The lowest BCUT2D eigenvalue weighted by Gasteiger charge is -2.14. The Morgan fingerprint density at radius 1 is 1.35 bits per heavy atom. The smallest absolute Gasteiger partial charge is 0.341 e. The Bertz CT molecular complexity index is 676. The van der Waals surface area contributed by atoms with Gasteiger partial charge in [-0.15, -0.1) is 0 Å². The lowest BCUT2D eigenvalue weighted by molar-refractivity contribution is -0.139. The molecular formula is C14H14N2O6S. The van der Waals surface area contributed by atoms with Crippen LogP contribution in [0.5, 0.6) is 17.2 Å². The summed E-state index contributed by atoms with van der Waals surface area (Å²) in [5, 5.41) is 18.6. The number of carbonyl (C=O) groups is 2. The van der Waals surface area contributed by atoms with Crippen LogP contribution in [0.3, 0.4) is 0 Å². The Hall–Kier alpha value is -2.68. The number of thioether (sulfide) groups is 1. The summed E-state index contributed by atoms with van der Waals surface area (Å²) < 4.78 is 15.6. The van der Waals surface area contributed by atoms with Gasteiger partial charge in [0.2, 0.25) is 5.75 Å². The number of ether oxygens (including phenoxy) is 3. The molecular weight excluding hydrogens is 324 g/mol. The normalized spacial score (nSPS) is 15.5. The first kappa shape index (κ1) is 16.7. The van der Waals surface area contributed by atoms with Gasteiger partial charge >= 0.3 is 5.97 Å². The molecule has 0 atom stereocenters. The lowest BCUT2D eigenvalue weighted by Crippen LogP contribution is -2.18. The molecule has 1 amide bonds.